The van der Waals surface area contributed by atoms with Gasteiger partial charge in [-0.15, -0.1) is 0 Å². The zero-order valence-electron chi connectivity index (χ0n) is 13.9. The van der Waals surface area contributed by atoms with E-state index in [4.69, 9.17) is 4.42 Å². The Morgan fingerprint density at radius 1 is 1.33 bits per heavy atom. The number of aryl methyl sites for hydroxylation is 1. The number of hydrogen-bond acceptors (Lipinski definition) is 4. The van der Waals surface area contributed by atoms with E-state index in [1.165, 1.54) is 6.39 Å². The Bertz CT molecular complexity index is 779. The highest BCUT2D eigenvalue weighted by atomic mass is 16.4. The number of nitrogens with one attached hydrogen (secondary N) is 1. The van der Waals surface area contributed by atoms with Crippen LogP contribution in [0.3, 0.4) is 0 Å². The summed E-state index contributed by atoms with van der Waals surface area (Å²) in [6.07, 6.45) is 1.78. The molecule has 3 rings (SSSR count). The summed E-state index contributed by atoms with van der Waals surface area (Å²) in [7, 11) is 0. The van der Waals surface area contributed by atoms with Crippen LogP contribution in [0, 0.1) is 24.2 Å². The van der Waals surface area contributed by atoms with Crippen LogP contribution in [0.1, 0.15) is 26.0 Å². The molecule has 24 heavy (non-hydrogen) atoms. The van der Waals surface area contributed by atoms with Gasteiger partial charge in [0, 0.05) is 11.3 Å². The molecule has 6 nitrogen and oxygen atoms in total. The van der Waals surface area contributed by atoms with E-state index < -0.39 is 17.3 Å². The SMILES string of the molecule is Cc1ncoc1-c1ccc(NC(=O)C2CC2(C(=O)O)C(C)C)cc1. The largest absolute Gasteiger partial charge is 0.481 e. The van der Waals surface area contributed by atoms with Crippen molar-refractivity contribution in [2.45, 2.75) is 27.2 Å². The quantitative estimate of drug-likeness (QED) is 0.878. The first-order valence-electron chi connectivity index (χ1n) is 7.91. The number of rotatable bonds is 5. The molecular weight excluding hydrogens is 308 g/mol. The molecule has 0 bridgehead atoms. The van der Waals surface area contributed by atoms with Gasteiger partial charge in [-0.3, -0.25) is 9.59 Å². The van der Waals surface area contributed by atoms with Crippen molar-refractivity contribution < 1.29 is 19.1 Å². The predicted octanol–water partition coefficient (Wildman–Crippen LogP) is 3.34. The second kappa shape index (κ2) is 5.78. The lowest BCUT2D eigenvalue weighted by atomic mass is 9.89. The number of oxazole rings is 1. The molecule has 0 radical (unpaired) electrons. The molecule has 1 aromatic carbocycles. The van der Waals surface area contributed by atoms with Crippen LogP contribution in [-0.2, 0) is 9.59 Å². The second-order valence-corrected chi connectivity index (χ2v) is 6.59. The van der Waals surface area contributed by atoms with E-state index in [9.17, 15) is 14.7 Å². The lowest BCUT2D eigenvalue weighted by molar-refractivity contribution is -0.147. The minimum absolute atomic E-state index is 0.0810. The lowest BCUT2D eigenvalue weighted by Gasteiger charge is -2.16. The molecule has 1 saturated carbocycles. The number of hydrogen-bond donors (Lipinski definition) is 2. The number of aromatic nitrogens is 1. The Labute approximate surface area is 139 Å². The van der Waals surface area contributed by atoms with Crippen molar-refractivity contribution in [1.29, 1.82) is 0 Å². The Hall–Kier alpha value is -2.63. The number of carbonyl (C=O) groups excluding carboxylic acids is 1. The van der Waals surface area contributed by atoms with Gasteiger partial charge in [-0.2, -0.15) is 0 Å². The maximum atomic E-state index is 12.4. The molecule has 1 aromatic heterocycles. The van der Waals surface area contributed by atoms with Crippen LogP contribution in [0.15, 0.2) is 35.1 Å². The molecule has 0 spiro atoms. The number of carboxylic acid groups (broad SMARTS) is 1. The first kappa shape index (κ1) is 16.2. The van der Waals surface area contributed by atoms with E-state index in [-0.39, 0.29) is 11.8 Å². The summed E-state index contributed by atoms with van der Waals surface area (Å²) in [5.74, 6) is -1.00. The molecule has 126 valence electrons. The summed E-state index contributed by atoms with van der Waals surface area (Å²) in [4.78, 5) is 27.9. The van der Waals surface area contributed by atoms with Crippen molar-refractivity contribution in [3.8, 4) is 11.3 Å². The maximum absolute atomic E-state index is 12.4. The number of amides is 1. The van der Waals surface area contributed by atoms with E-state index in [0.717, 1.165) is 11.3 Å². The smallest absolute Gasteiger partial charge is 0.310 e. The van der Waals surface area contributed by atoms with Gasteiger partial charge in [-0.1, -0.05) is 13.8 Å². The summed E-state index contributed by atoms with van der Waals surface area (Å²) in [6, 6.07) is 7.22. The second-order valence-electron chi connectivity index (χ2n) is 6.59. The van der Waals surface area contributed by atoms with Crippen molar-refractivity contribution in [3.05, 3.63) is 36.4 Å². The van der Waals surface area contributed by atoms with Gasteiger partial charge in [-0.25, -0.2) is 4.98 Å². The summed E-state index contributed by atoms with van der Waals surface area (Å²) in [5, 5.41) is 12.2. The highest BCUT2D eigenvalue weighted by Crippen LogP contribution is 2.58. The highest BCUT2D eigenvalue weighted by molar-refractivity contribution is 6.00. The van der Waals surface area contributed by atoms with Crippen molar-refractivity contribution >= 4 is 17.6 Å². The van der Waals surface area contributed by atoms with Gasteiger partial charge in [-0.05, 0) is 43.5 Å². The summed E-state index contributed by atoms with van der Waals surface area (Å²) >= 11 is 0. The number of nitrogens with zero attached hydrogens (tertiary/aromatic N) is 1. The molecule has 0 saturated heterocycles. The Morgan fingerprint density at radius 2 is 2.00 bits per heavy atom. The number of aliphatic carboxylic acids is 1. The van der Waals surface area contributed by atoms with Crippen LogP contribution in [0.2, 0.25) is 0 Å². The minimum atomic E-state index is -0.930. The van der Waals surface area contributed by atoms with Gasteiger partial charge in [0.15, 0.2) is 12.2 Å². The van der Waals surface area contributed by atoms with Crippen LogP contribution < -0.4 is 5.32 Å². The fraction of sp³-hybridized carbons (Fsp3) is 0.389. The highest BCUT2D eigenvalue weighted by Gasteiger charge is 2.65. The van der Waals surface area contributed by atoms with Gasteiger partial charge < -0.3 is 14.8 Å². The topological polar surface area (TPSA) is 92.4 Å². The van der Waals surface area contributed by atoms with E-state index in [1.807, 2.05) is 32.9 Å². The molecule has 2 aromatic rings. The molecule has 1 amide bonds. The Morgan fingerprint density at radius 3 is 2.46 bits per heavy atom. The van der Waals surface area contributed by atoms with Gasteiger partial charge in [0.2, 0.25) is 5.91 Å². The van der Waals surface area contributed by atoms with Crippen LogP contribution in [0.5, 0.6) is 0 Å². The van der Waals surface area contributed by atoms with Crippen LogP contribution >= 0.6 is 0 Å². The Balaban J connectivity index is 1.70. The van der Waals surface area contributed by atoms with Crippen LogP contribution in [0.4, 0.5) is 5.69 Å². The van der Waals surface area contributed by atoms with Gasteiger partial charge in [0.25, 0.3) is 0 Å². The number of anilines is 1. The zero-order valence-corrected chi connectivity index (χ0v) is 13.9. The summed E-state index contributed by atoms with van der Waals surface area (Å²) in [6.45, 7) is 5.55. The normalized spacial score (nSPS) is 22.4. The first-order chi connectivity index (χ1) is 11.4. The van der Waals surface area contributed by atoms with Gasteiger partial charge in [0.1, 0.15) is 0 Å². The van der Waals surface area contributed by atoms with Crippen molar-refractivity contribution in [1.82, 2.24) is 4.98 Å². The molecule has 1 heterocycles. The van der Waals surface area contributed by atoms with Crippen molar-refractivity contribution in [2.24, 2.45) is 17.3 Å². The standard InChI is InChI=1S/C18H20N2O4/c1-10(2)18(17(22)23)8-14(18)16(21)20-13-6-4-12(5-7-13)15-11(3)19-9-24-15/h4-7,9-10,14H,8H2,1-3H3,(H,20,21)(H,22,23). The van der Waals surface area contributed by atoms with Crippen molar-refractivity contribution in [3.63, 3.8) is 0 Å². The Kier molecular flexibility index (Phi) is 3.91. The average Bonchev–Trinajstić information content (AvgIpc) is 3.18. The molecule has 1 fully saturated rings. The van der Waals surface area contributed by atoms with E-state index in [0.29, 0.717) is 17.9 Å². The number of carbonyl (C=O) groups is 2. The third-order valence-electron chi connectivity index (χ3n) is 4.91. The monoisotopic (exact) mass is 328 g/mol. The predicted molar refractivity (Wildman–Crippen MR) is 88.3 cm³/mol. The third kappa shape index (κ3) is 2.58. The van der Waals surface area contributed by atoms with Gasteiger partial charge in [0.05, 0.1) is 17.0 Å². The number of carboxylic acids is 1. The van der Waals surface area contributed by atoms with Crippen molar-refractivity contribution in [2.75, 3.05) is 5.32 Å². The van der Waals surface area contributed by atoms with E-state index in [1.54, 1.807) is 12.1 Å². The molecule has 2 unspecified atom stereocenters. The molecule has 0 aliphatic heterocycles. The molecule has 2 atom stereocenters. The zero-order chi connectivity index (χ0) is 17.5. The molecule has 1 aliphatic rings. The summed E-state index contributed by atoms with van der Waals surface area (Å²) in [5.41, 5.74) is 1.38. The van der Waals surface area contributed by atoms with E-state index in [2.05, 4.69) is 10.3 Å². The molecule has 6 heteroatoms. The third-order valence-corrected chi connectivity index (χ3v) is 4.91. The summed E-state index contributed by atoms with van der Waals surface area (Å²) < 4.78 is 5.34. The average molecular weight is 328 g/mol. The fourth-order valence-corrected chi connectivity index (χ4v) is 3.24. The minimum Gasteiger partial charge on any atom is -0.481 e. The van der Waals surface area contributed by atoms with Gasteiger partial charge >= 0.3 is 5.97 Å². The number of benzene rings is 1. The molecule has 2 N–H and O–H groups in total. The fourth-order valence-electron chi connectivity index (χ4n) is 3.24. The lowest BCUT2D eigenvalue weighted by Crippen LogP contribution is -2.28. The molecule has 1 aliphatic carbocycles. The van der Waals surface area contributed by atoms with Crippen LogP contribution in [0.25, 0.3) is 11.3 Å². The van der Waals surface area contributed by atoms with Crippen LogP contribution in [-0.4, -0.2) is 22.0 Å². The molecular formula is C18H20N2O4. The maximum Gasteiger partial charge on any atom is 0.310 e. The van der Waals surface area contributed by atoms with E-state index >= 15 is 0 Å². The first-order valence-corrected chi connectivity index (χ1v) is 7.91.